The third kappa shape index (κ3) is 7.76. The monoisotopic (exact) mass is 406 g/mol. The minimum Gasteiger partial charge on any atom is -0.480 e. The highest BCUT2D eigenvalue weighted by atomic mass is 16.4. The van der Waals surface area contributed by atoms with Crippen molar-refractivity contribution in [2.75, 3.05) is 13.2 Å². The van der Waals surface area contributed by atoms with Crippen molar-refractivity contribution in [1.29, 1.82) is 0 Å². The highest BCUT2D eigenvalue weighted by Gasteiger charge is 2.31. The van der Waals surface area contributed by atoms with E-state index in [1.807, 2.05) is 0 Å². The van der Waals surface area contributed by atoms with Gasteiger partial charge in [0.05, 0.1) is 19.3 Å². The van der Waals surface area contributed by atoms with E-state index in [2.05, 4.69) is 16.0 Å². The first-order valence-corrected chi connectivity index (χ1v) is 8.79. The molecule has 0 spiro atoms. The van der Waals surface area contributed by atoms with E-state index in [0.717, 1.165) is 0 Å². The number of aliphatic hydroxyl groups is 3. The molecule has 12 nitrogen and oxygen atoms in total. The molecule has 162 valence electrons. The minimum atomic E-state index is -1.50. The van der Waals surface area contributed by atoms with Gasteiger partial charge in [0, 0.05) is 0 Å². The van der Waals surface area contributed by atoms with E-state index in [0.29, 0.717) is 6.42 Å². The van der Waals surface area contributed by atoms with Gasteiger partial charge in [-0.2, -0.15) is 0 Å². The van der Waals surface area contributed by atoms with Crippen LogP contribution in [0, 0.1) is 5.92 Å². The molecule has 0 radical (unpaired) electrons. The molecule has 0 aromatic rings. The van der Waals surface area contributed by atoms with Gasteiger partial charge in [0.1, 0.15) is 24.2 Å². The van der Waals surface area contributed by atoms with Crippen molar-refractivity contribution >= 4 is 23.7 Å². The minimum absolute atomic E-state index is 0.400. The Morgan fingerprint density at radius 2 is 1.32 bits per heavy atom. The lowest BCUT2D eigenvalue weighted by molar-refractivity contribution is -0.144. The number of aliphatic hydroxyl groups excluding tert-OH is 3. The lowest BCUT2D eigenvalue weighted by Crippen LogP contribution is -2.60. The van der Waals surface area contributed by atoms with Crippen molar-refractivity contribution in [2.45, 2.75) is 57.5 Å². The van der Waals surface area contributed by atoms with Crippen molar-refractivity contribution in [3.05, 3.63) is 0 Å². The van der Waals surface area contributed by atoms with Crippen molar-refractivity contribution in [3.8, 4) is 0 Å². The number of aliphatic carboxylic acids is 1. The van der Waals surface area contributed by atoms with E-state index in [9.17, 15) is 39.6 Å². The smallest absolute Gasteiger partial charge is 0.326 e. The summed E-state index contributed by atoms with van der Waals surface area (Å²) in [6.07, 6.45) is -0.734. The summed E-state index contributed by atoms with van der Waals surface area (Å²) in [6, 6.07) is -5.56. The van der Waals surface area contributed by atoms with Crippen LogP contribution in [0.2, 0.25) is 0 Å². The van der Waals surface area contributed by atoms with Crippen LogP contribution in [0.15, 0.2) is 0 Å². The summed E-state index contributed by atoms with van der Waals surface area (Å²) in [5.74, 6) is -4.51. The molecular weight excluding hydrogens is 376 g/mol. The summed E-state index contributed by atoms with van der Waals surface area (Å²) in [6.45, 7) is 2.94. The molecule has 0 bridgehead atoms. The van der Waals surface area contributed by atoms with Crippen molar-refractivity contribution in [3.63, 3.8) is 0 Å². The fourth-order valence-electron chi connectivity index (χ4n) is 2.08. The highest BCUT2D eigenvalue weighted by Crippen LogP contribution is 2.08. The van der Waals surface area contributed by atoms with Crippen LogP contribution in [0.4, 0.5) is 0 Å². The van der Waals surface area contributed by atoms with Gasteiger partial charge in [-0.3, -0.25) is 14.4 Å². The molecule has 3 amide bonds. The second kappa shape index (κ2) is 12.2. The standard InChI is InChI=1S/C16H30N4O8/c1-4-7(2)12(16(27)28)20-14(25)10(6-22)18-13(24)9(5-21)19-15(26)11(17)8(3)23/h7-12,21-23H,4-6,17H2,1-3H3,(H,18,24)(H,19,26)(H,20,25)(H,27,28). The highest BCUT2D eigenvalue weighted by molar-refractivity contribution is 5.94. The molecule has 0 saturated heterocycles. The predicted molar refractivity (Wildman–Crippen MR) is 96.7 cm³/mol. The number of nitrogens with one attached hydrogen (secondary N) is 3. The molecule has 6 unspecified atom stereocenters. The Balaban J connectivity index is 5.05. The Morgan fingerprint density at radius 3 is 1.68 bits per heavy atom. The average molecular weight is 406 g/mol. The van der Waals surface area contributed by atoms with Gasteiger partial charge in [-0.05, 0) is 12.8 Å². The zero-order valence-electron chi connectivity index (χ0n) is 16.1. The Bertz CT molecular complexity index is 557. The van der Waals surface area contributed by atoms with Crippen LogP contribution >= 0.6 is 0 Å². The van der Waals surface area contributed by atoms with Gasteiger partial charge in [-0.1, -0.05) is 20.3 Å². The third-order valence-corrected chi connectivity index (χ3v) is 4.23. The zero-order chi connectivity index (χ0) is 22.0. The van der Waals surface area contributed by atoms with Gasteiger partial charge in [-0.25, -0.2) is 4.79 Å². The molecule has 6 atom stereocenters. The number of amides is 3. The number of carboxylic acid groups (broad SMARTS) is 1. The summed E-state index contributed by atoms with van der Waals surface area (Å²) in [5, 5.41) is 43.6. The quantitative estimate of drug-likeness (QED) is 0.160. The Morgan fingerprint density at radius 1 is 0.893 bits per heavy atom. The summed E-state index contributed by atoms with van der Waals surface area (Å²) in [4.78, 5) is 47.5. The molecule has 0 aliphatic heterocycles. The van der Waals surface area contributed by atoms with Crippen LogP contribution in [-0.2, 0) is 19.2 Å². The number of carboxylic acids is 1. The molecule has 0 aliphatic rings. The molecule has 0 aromatic heterocycles. The van der Waals surface area contributed by atoms with Crippen LogP contribution in [0.1, 0.15) is 27.2 Å². The lowest BCUT2D eigenvalue weighted by Gasteiger charge is -2.25. The third-order valence-electron chi connectivity index (χ3n) is 4.23. The Labute approximate surface area is 162 Å². The first-order valence-electron chi connectivity index (χ1n) is 8.79. The van der Waals surface area contributed by atoms with E-state index >= 15 is 0 Å². The van der Waals surface area contributed by atoms with Crippen molar-refractivity contribution < 1.29 is 39.6 Å². The van der Waals surface area contributed by atoms with E-state index in [1.165, 1.54) is 6.92 Å². The maximum atomic E-state index is 12.2. The Hall–Kier alpha value is -2.28. The zero-order valence-corrected chi connectivity index (χ0v) is 16.1. The topological polar surface area (TPSA) is 211 Å². The van der Waals surface area contributed by atoms with E-state index < -0.39 is 73.1 Å². The number of hydrogen-bond donors (Lipinski definition) is 8. The maximum absolute atomic E-state index is 12.2. The number of rotatable bonds is 12. The van der Waals surface area contributed by atoms with Gasteiger partial charge in [-0.15, -0.1) is 0 Å². The molecule has 9 N–H and O–H groups in total. The fraction of sp³-hybridized carbons (Fsp3) is 0.750. The summed E-state index contributed by atoms with van der Waals surface area (Å²) >= 11 is 0. The maximum Gasteiger partial charge on any atom is 0.326 e. The first-order chi connectivity index (χ1) is 13.0. The van der Waals surface area contributed by atoms with E-state index in [1.54, 1.807) is 13.8 Å². The van der Waals surface area contributed by atoms with Crippen LogP contribution in [0.3, 0.4) is 0 Å². The summed E-state index contributed by atoms with van der Waals surface area (Å²) in [5.41, 5.74) is 5.43. The Kier molecular flexibility index (Phi) is 11.2. The molecule has 0 rings (SSSR count). The average Bonchev–Trinajstić information content (AvgIpc) is 2.65. The molecule has 28 heavy (non-hydrogen) atoms. The fourth-order valence-corrected chi connectivity index (χ4v) is 2.08. The summed E-state index contributed by atoms with van der Waals surface area (Å²) < 4.78 is 0. The van der Waals surface area contributed by atoms with E-state index in [-0.39, 0.29) is 0 Å². The number of nitrogens with two attached hydrogens (primary N) is 1. The second-order valence-corrected chi connectivity index (χ2v) is 6.46. The van der Waals surface area contributed by atoms with E-state index in [4.69, 9.17) is 5.73 Å². The summed E-state index contributed by atoms with van der Waals surface area (Å²) in [7, 11) is 0. The van der Waals surface area contributed by atoms with Gasteiger partial charge < -0.3 is 42.1 Å². The van der Waals surface area contributed by atoms with Crippen LogP contribution in [0.25, 0.3) is 0 Å². The van der Waals surface area contributed by atoms with Gasteiger partial charge in [0.25, 0.3) is 0 Å². The normalized spacial score (nSPS) is 17.4. The van der Waals surface area contributed by atoms with Crippen LogP contribution in [-0.4, -0.2) is 87.6 Å². The molecule has 0 saturated carbocycles. The molecule has 12 heteroatoms. The molecule has 0 aromatic carbocycles. The molecule has 0 aliphatic carbocycles. The molecule has 0 fully saturated rings. The van der Waals surface area contributed by atoms with Gasteiger partial charge in [0.2, 0.25) is 17.7 Å². The lowest BCUT2D eigenvalue weighted by atomic mass is 9.99. The SMILES string of the molecule is CCC(C)C(NC(=O)C(CO)NC(=O)C(CO)NC(=O)C(N)C(C)O)C(=O)O. The van der Waals surface area contributed by atoms with Crippen LogP contribution in [0.5, 0.6) is 0 Å². The van der Waals surface area contributed by atoms with Crippen molar-refractivity contribution in [2.24, 2.45) is 11.7 Å². The predicted octanol–water partition coefficient (Wildman–Crippen LogP) is -3.74. The molecule has 0 heterocycles. The largest absolute Gasteiger partial charge is 0.480 e. The first kappa shape index (κ1) is 25.7. The second-order valence-electron chi connectivity index (χ2n) is 6.46. The number of carbonyl (C=O) groups is 4. The molecular formula is C16H30N4O8. The van der Waals surface area contributed by atoms with Gasteiger partial charge >= 0.3 is 5.97 Å². The van der Waals surface area contributed by atoms with Gasteiger partial charge in [0.15, 0.2) is 0 Å². The number of carbonyl (C=O) groups excluding carboxylic acids is 3. The van der Waals surface area contributed by atoms with Crippen LogP contribution < -0.4 is 21.7 Å². The number of hydrogen-bond acceptors (Lipinski definition) is 8. The van der Waals surface area contributed by atoms with Crippen molar-refractivity contribution in [1.82, 2.24) is 16.0 Å².